The summed E-state index contributed by atoms with van der Waals surface area (Å²) >= 11 is 0. The molecule has 1 N–H and O–H groups in total. The van der Waals surface area contributed by atoms with E-state index in [9.17, 15) is 14.7 Å². The van der Waals surface area contributed by atoms with Gasteiger partial charge in [-0.25, -0.2) is 4.79 Å². The van der Waals surface area contributed by atoms with Crippen LogP contribution in [-0.4, -0.2) is 34.5 Å². The van der Waals surface area contributed by atoms with E-state index >= 15 is 0 Å². The Morgan fingerprint density at radius 2 is 2.05 bits per heavy atom. The van der Waals surface area contributed by atoms with Crippen LogP contribution in [0.3, 0.4) is 0 Å². The zero-order valence-corrected chi connectivity index (χ0v) is 11.7. The third kappa shape index (κ3) is 2.92. The minimum atomic E-state index is -1.03. The van der Waals surface area contributed by atoms with Crippen LogP contribution >= 0.6 is 0 Å². The number of hydrogen-bond donors (Lipinski definition) is 1. The van der Waals surface area contributed by atoms with E-state index < -0.39 is 12.0 Å². The molecule has 108 valence electrons. The van der Waals surface area contributed by atoms with Gasteiger partial charge in [-0.15, -0.1) is 0 Å². The largest absolute Gasteiger partial charge is 0.493 e. The van der Waals surface area contributed by atoms with Gasteiger partial charge in [-0.3, -0.25) is 4.79 Å². The second-order valence-corrected chi connectivity index (χ2v) is 4.87. The number of carbonyl (C=O) groups is 2. The normalized spacial score (nSPS) is 15.5. The monoisotopic (exact) mass is 277 g/mol. The predicted molar refractivity (Wildman–Crippen MR) is 73.5 cm³/mol. The molecule has 1 aliphatic rings. The number of carboxylic acids is 1. The fourth-order valence-electron chi connectivity index (χ4n) is 2.40. The Morgan fingerprint density at radius 1 is 1.40 bits per heavy atom. The molecule has 0 spiro atoms. The van der Waals surface area contributed by atoms with Crippen molar-refractivity contribution in [1.29, 1.82) is 0 Å². The molecule has 5 heteroatoms. The van der Waals surface area contributed by atoms with E-state index in [0.29, 0.717) is 17.9 Å². The van der Waals surface area contributed by atoms with E-state index in [-0.39, 0.29) is 11.9 Å². The standard InChI is InChI=1S/C15H19NO4/c1-3-20-13-7-5-4-6-12(13)14(15(18)19)16(10(2)17)11-8-9-11/h4-7,11,14H,3,8-9H2,1-2H3,(H,18,19). The van der Waals surface area contributed by atoms with Gasteiger partial charge in [0.15, 0.2) is 6.04 Å². The number of aliphatic carboxylic acids is 1. The lowest BCUT2D eigenvalue weighted by Crippen LogP contribution is -2.39. The summed E-state index contributed by atoms with van der Waals surface area (Å²) in [6, 6.07) is 6.05. The Labute approximate surface area is 118 Å². The molecule has 0 heterocycles. The number of nitrogens with zero attached hydrogens (tertiary/aromatic N) is 1. The molecule has 0 bridgehead atoms. The third-order valence-corrected chi connectivity index (χ3v) is 3.33. The summed E-state index contributed by atoms with van der Waals surface area (Å²) in [6.07, 6.45) is 1.72. The van der Waals surface area contributed by atoms with Gasteiger partial charge in [0, 0.05) is 18.5 Å². The first-order chi connectivity index (χ1) is 9.56. The number of carbonyl (C=O) groups excluding carboxylic acids is 1. The number of amides is 1. The molecular weight excluding hydrogens is 258 g/mol. The summed E-state index contributed by atoms with van der Waals surface area (Å²) in [6.45, 7) is 3.71. The fraction of sp³-hybridized carbons (Fsp3) is 0.467. The van der Waals surface area contributed by atoms with Gasteiger partial charge in [0.25, 0.3) is 0 Å². The topological polar surface area (TPSA) is 66.8 Å². The highest BCUT2D eigenvalue weighted by Crippen LogP contribution is 2.37. The van der Waals surface area contributed by atoms with Crippen LogP contribution in [0.15, 0.2) is 24.3 Å². The van der Waals surface area contributed by atoms with Crippen LogP contribution < -0.4 is 4.74 Å². The molecule has 20 heavy (non-hydrogen) atoms. The quantitative estimate of drug-likeness (QED) is 0.865. The number of carboxylic acid groups (broad SMARTS) is 1. The molecule has 1 unspecified atom stereocenters. The summed E-state index contributed by atoms with van der Waals surface area (Å²) in [4.78, 5) is 25.0. The van der Waals surface area contributed by atoms with E-state index in [1.807, 2.05) is 6.92 Å². The van der Waals surface area contributed by atoms with E-state index in [0.717, 1.165) is 12.8 Å². The second-order valence-electron chi connectivity index (χ2n) is 4.87. The second kappa shape index (κ2) is 5.94. The van der Waals surface area contributed by atoms with Gasteiger partial charge >= 0.3 is 5.97 Å². The van der Waals surface area contributed by atoms with Crippen molar-refractivity contribution < 1.29 is 19.4 Å². The van der Waals surface area contributed by atoms with E-state index in [2.05, 4.69) is 0 Å². The van der Waals surface area contributed by atoms with Crippen LogP contribution in [0.4, 0.5) is 0 Å². The van der Waals surface area contributed by atoms with Gasteiger partial charge in [0.2, 0.25) is 5.91 Å². The highest BCUT2D eigenvalue weighted by Gasteiger charge is 2.41. The van der Waals surface area contributed by atoms with Gasteiger partial charge in [-0.2, -0.15) is 0 Å². The Balaban J connectivity index is 2.42. The summed E-state index contributed by atoms with van der Waals surface area (Å²) in [7, 11) is 0. The SMILES string of the molecule is CCOc1ccccc1C(C(=O)O)N(C(C)=O)C1CC1. The van der Waals surface area contributed by atoms with Crippen LogP contribution in [0.5, 0.6) is 5.75 Å². The van der Waals surface area contributed by atoms with Crippen LogP contribution in [0, 0.1) is 0 Å². The van der Waals surface area contributed by atoms with Crippen molar-refractivity contribution >= 4 is 11.9 Å². The molecule has 1 fully saturated rings. The van der Waals surface area contributed by atoms with Crippen molar-refractivity contribution in [2.24, 2.45) is 0 Å². The number of rotatable bonds is 6. The van der Waals surface area contributed by atoms with Crippen LogP contribution in [0.2, 0.25) is 0 Å². The lowest BCUT2D eigenvalue weighted by atomic mass is 10.0. The Bertz CT molecular complexity index is 510. The highest BCUT2D eigenvalue weighted by molar-refractivity contribution is 5.84. The van der Waals surface area contributed by atoms with E-state index in [1.54, 1.807) is 24.3 Å². The Hall–Kier alpha value is -2.04. The van der Waals surface area contributed by atoms with E-state index in [1.165, 1.54) is 11.8 Å². The number of ether oxygens (including phenoxy) is 1. The lowest BCUT2D eigenvalue weighted by molar-refractivity contribution is -0.150. The maximum Gasteiger partial charge on any atom is 0.331 e. The van der Waals surface area contributed by atoms with Gasteiger partial charge < -0.3 is 14.7 Å². The minimum Gasteiger partial charge on any atom is -0.493 e. The predicted octanol–water partition coefficient (Wildman–Crippen LogP) is 2.22. The van der Waals surface area contributed by atoms with E-state index in [4.69, 9.17) is 4.74 Å². The zero-order chi connectivity index (χ0) is 14.7. The molecular formula is C15H19NO4. The molecule has 0 aliphatic heterocycles. The molecule has 1 aromatic rings. The van der Waals surface area contributed by atoms with Gasteiger partial charge in [-0.1, -0.05) is 18.2 Å². The first kappa shape index (κ1) is 14.4. The third-order valence-electron chi connectivity index (χ3n) is 3.33. The van der Waals surface area contributed by atoms with Crippen LogP contribution in [-0.2, 0) is 9.59 Å². The van der Waals surface area contributed by atoms with Crippen molar-refractivity contribution in [3.63, 3.8) is 0 Å². The number of hydrogen-bond acceptors (Lipinski definition) is 3. The minimum absolute atomic E-state index is 0.0308. The number of para-hydroxylation sites is 1. The maximum atomic E-state index is 11.8. The molecule has 1 amide bonds. The average molecular weight is 277 g/mol. The smallest absolute Gasteiger partial charge is 0.331 e. The molecule has 0 radical (unpaired) electrons. The van der Waals surface area contributed by atoms with Crippen molar-refractivity contribution in [2.75, 3.05) is 6.61 Å². The van der Waals surface area contributed by atoms with Crippen molar-refractivity contribution in [3.8, 4) is 5.75 Å². The van der Waals surface area contributed by atoms with Gasteiger partial charge in [0.05, 0.1) is 6.61 Å². The van der Waals surface area contributed by atoms with Gasteiger partial charge in [0.1, 0.15) is 5.75 Å². The Kier molecular flexibility index (Phi) is 4.27. The zero-order valence-electron chi connectivity index (χ0n) is 11.7. The summed E-state index contributed by atoms with van der Waals surface area (Å²) < 4.78 is 5.50. The van der Waals surface area contributed by atoms with Crippen molar-refractivity contribution in [3.05, 3.63) is 29.8 Å². The summed E-state index contributed by atoms with van der Waals surface area (Å²) in [5.41, 5.74) is 0.531. The summed E-state index contributed by atoms with van der Waals surface area (Å²) in [5.74, 6) is -0.722. The highest BCUT2D eigenvalue weighted by atomic mass is 16.5. The van der Waals surface area contributed by atoms with Crippen LogP contribution in [0.1, 0.15) is 38.3 Å². The molecule has 2 rings (SSSR count). The first-order valence-corrected chi connectivity index (χ1v) is 6.79. The fourth-order valence-corrected chi connectivity index (χ4v) is 2.40. The molecule has 1 atom stereocenters. The first-order valence-electron chi connectivity index (χ1n) is 6.79. The Morgan fingerprint density at radius 3 is 2.55 bits per heavy atom. The molecule has 1 aliphatic carbocycles. The molecule has 1 aromatic carbocycles. The molecule has 0 aromatic heterocycles. The lowest BCUT2D eigenvalue weighted by Gasteiger charge is -2.29. The summed E-state index contributed by atoms with van der Waals surface area (Å²) in [5, 5.41) is 9.57. The van der Waals surface area contributed by atoms with Crippen LogP contribution in [0.25, 0.3) is 0 Å². The number of benzene rings is 1. The van der Waals surface area contributed by atoms with Gasteiger partial charge in [-0.05, 0) is 25.8 Å². The average Bonchev–Trinajstić information content (AvgIpc) is 3.20. The molecule has 0 saturated heterocycles. The molecule has 5 nitrogen and oxygen atoms in total. The maximum absolute atomic E-state index is 11.8. The van der Waals surface area contributed by atoms with Crippen molar-refractivity contribution in [2.45, 2.75) is 38.8 Å². The molecule has 1 saturated carbocycles. The van der Waals surface area contributed by atoms with Crippen molar-refractivity contribution in [1.82, 2.24) is 4.90 Å².